The third-order valence-electron chi connectivity index (χ3n) is 3.36. The van der Waals surface area contributed by atoms with Crippen LogP contribution in [0.15, 0.2) is 29.4 Å². The van der Waals surface area contributed by atoms with E-state index in [1.807, 2.05) is 20.8 Å². The van der Waals surface area contributed by atoms with E-state index >= 15 is 0 Å². The van der Waals surface area contributed by atoms with Gasteiger partial charge in [-0.15, -0.1) is 5.10 Å². The molecule has 0 aliphatic carbocycles. The van der Waals surface area contributed by atoms with E-state index < -0.39 is 0 Å². The number of rotatable bonds is 6. The Kier molecular flexibility index (Phi) is 6.60. The van der Waals surface area contributed by atoms with Crippen molar-refractivity contribution in [2.24, 2.45) is 0 Å². The molecule has 0 saturated carbocycles. The van der Waals surface area contributed by atoms with E-state index in [-0.39, 0.29) is 29.7 Å². The lowest BCUT2D eigenvalue weighted by Crippen LogP contribution is -2.36. The predicted molar refractivity (Wildman–Crippen MR) is 101 cm³/mol. The van der Waals surface area contributed by atoms with Gasteiger partial charge in [0.1, 0.15) is 0 Å². The number of nitrogens with one attached hydrogen (secondary N) is 1. The summed E-state index contributed by atoms with van der Waals surface area (Å²) in [6, 6.07) is 6.93. The number of benzene rings is 1. The van der Waals surface area contributed by atoms with Gasteiger partial charge < -0.3 is 10.2 Å². The number of hydrogen-bond acceptors (Lipinski definition) is 6. The van der Waals surface area contributed by atoms with E-state index in [9.17, 15) is 9.59 Å². The van der Waals surface area contributed by atoms with Gasteiger partial charge in [-0.25, -0.2) is 4.68 Å². The first-order chi connectivity index (χ1) is 12.2. The number of anilines is 1. The summed E-state index contributed by atoms with van der Waals surface area (Å²) in [5.74, 6) is -0.391. The number of carbonyl (C=O) groups is 2. The average molecular weight is 397 g/mol. The number of hydrogen-bond donors (Lipinski definition) is 1. The molecule has 1 aromatic carbocycles. The van der Waals surface area contributed by atoms with Crippen LogP contribution in [0.5, 0.6) is 0 Å². The SMILES string of the molecule is CN(CC(=O)Nc1ccccc1Cl)C(=O)CSc1nnnn1C(C)(C)C. The first kappa shape index (κ1) is 20.2. The molecule has 10 heteroatoms. The van der Waals surface area contributed by atoms with Gasteiger partial charge in [-0.2, -0.15) is 0 Å². The number of thioether (sulfide) groups is 1. The fraction of sp³-hybridized carbons (Fsp3) is 0.438. The first-order valence-electron chi connectivity index (χ1n) is 7.88. The molecule has 2 rings (SSSR count). The minimum Gasteiger partial charge on any atom is -0.336 e. The van der Waals surface area contributed by atoms with Gasteiger partial charge in [0.15, 0.2) is 0 Å². The van der Waals surface area contributed by atoms with Crippen molar-refractivity contribution >= 4 is 40.9 Å². The second kappa shape index (κ2) is 8.50. The van der Waals surface area contributed by atoms with Crippen LogP contribution in [0.2, 0.25) is 5.02 Å². The number of para-hydroxylation sites is 1. The van der Waals surface area contributed by atoms with E-state index in [1.54, 1.807) is 36.0 Å². The molecule has 0 saturated heterocycles. The molecule has 1 N–H and O–H groups in total. The zero-order valence-corrected chi connectivity index (χ0v) is 16.6. The highest BCUT2D eigenvalue weighted by atomic mass is 35.5. The molecule has 8 nitrogen and oxygen atoms in total. The Morgan fingerprint density at radius 1 is 1.31 bits per heavy atom. The highest BCUT2D eigenvalue weighted by molar-refractivity contribution is 7.99. The molecule has 0 aliphatic heterocycles. The van der Waals surface area contributed by atoms with Gasteiger partial charge in [0.25, 0.3) is 0 Å². The maximum Gasteiger partial charge on any atom is 0.244 e. The molecule has 0 bridgehead atoms. The van der Waals surface area contributed by atoms with Gasteiger partial charge in [-0.3, -0.25) is 9.59 Å². The quantitative estimate of drug-likeness (QED) is 0.753. The summed E-state index contributed by atoms with van der Waals surface area (Å²) in [4.78, 5) is 25.7. The molecule has 0 aliphatic rings. The maximum atomic E-state index is 12.3. The van der Waals surface area contributed by atoms with Gasteiger partial charge in [0, 0.05) is 7.05 Å². The summed E-state index contributed by atoms with van der Waals surface area (Å²) in [7, 11) is 1.57. The smallest absolute Gasteiger partial charge is 0.244 e. The number of likely N-dealkylation sites (N-methyl/N-ethyl adjacent to an activating group) is 1. The number of tetrazole rings is 1. The predicted octanol–water partition coefficient (Wildman–Crippen LogP) is 2.27. The van der Waals surface area contributed by atoms with E-state index in [4.69, 9.17) is 11.6 Å². The van der Waals surface area contributed by atoms with Crippen LogP contribution >= 0.6 is 23.4 Å². The Morgan fingerprint density at radius 3 is 2.65 bits per heavy atom. The van der Waals surface area contributed by atoms with Crippen LogP contribution in [0.1, 0.15) is 20.8 Å². The van der Waals surface area contributed by atoms with Crippen molar-refractivity contribution < 1.29 is 9.59 Å². The Hall–Kier alpha value is -2.13. The summed E-state index contributed by atoms with van der Waals surface area (Å²) >= 11 is 7.24. The van der Waals surface area contributed by atoms with Crippen molar-refractivity contribution in [1.82, 2.24) is 25.1 Å². The Bertz CT molecular complexity index is 789. The molecule has 0 radical (unpaired) electrons. The Morgan fingerprint density at radius 2 is 2.00 bits per heavy atom. The lowest BCUT2D eigenvalue weighted by atomic mass is 10.1. The van der Waals surface area contributed by atoms with Gasteiger partial charge in [-0.05, 0) is 43.3 Å². The van der Waals surface area contributed by atoms with E-state index in [0.29, 0.717) is 15.9 Å². The number of amides is 2. The van der Waals surface area contributed by atoms with E-state index in [1.165, 1.54) is 16.7 Å². The van der Waals surface area contributed by atoms with Gasteiger partial charge in [0.2, 0.25) is 17.0 Å². The van der Waals surface area contributed by atoms with Gasteiger partial charge >= 0.3 is 0 Å². The Labute approximate surface area is 161 Å². The molecular formula is C16H21ClN6O2S. The fourth-order valence-corrected chi connectivity index (χ4v) is 3.17. The summed E-state index contributed by atoms with van der Waals surface area (Å²) in [5.41, 5.74) is 0.231. The molecule has 2 amide bonds. The number of nitrogens with zero attached hydrogens (tertiary/aromatic N) is 5. The number of halogens is 1. The zero-order valence-electron chi connectivity index (χ0n) is 15.1. The second-order valence-corrected chi connectivity index (χ2v) is 7.96. The second-order valence-electron chi connectivity index (χ2n) is 6.61. The minimum absolute atomic E-state index is 0.0746. The first-order valence-corrected chi connectivity index (χ1v) is 9.25. The largest absolute Gasteiger partial charge is 0.336 e. The van der Waals surface area contributed by atoms with Crippen molar-refractivity contribution in [2.75, 3.05) is 24.7 Å². The molecule has 0 atom stereocenters. The van der Waals surface area contributed by atoms with Crippen LogP contribution in [0.25, 0.3) is 0 Å². The van der Waals surface area contributed by atoms with Crippen LogP contribution in [-0.4, -0.2) is 56.3 Å². The van der Waals surface area contributed by atoms with Crippen molar-refractivity contribution in [1.29, 1.82) is 0 Å². The van der Waals surface area contributed by atoms with Crippen LogP contribution in [0, 0.1) is 0 Å². The lowest BCUT2D eigenvalue weighted by Gasteiger charge is -2.20. The maximum absolute atomic E-state index is 12.3. The van der Waals surface area contributed by atoms with Crippen LogP contribution < -0.4 is 5.32 Å². The normalized spacial score (nSPS) is 11.3. The summed E-state index contributed by atoms with van der Waals surface area (Å²) in [5, 5.41) is 15.2. The Balaban J connectivity index is 1.87. The third kappa shape index (κ3) is 5.43. The topological polar surface area (TPSA) is 93.0 Å². The van der Waals surface area contributed by atoms with Gasteiger partial charge in [-0.1, -0.05) is 35.5 Å². The molecule has 0 spiro atoms. The van der Waals surface area contributed by atoms with Crippen molar-refractivity contribution in [3.05, 3.63) is 29.3 Å². The lowest BCUT2D eigenvalue weighted by molar-refractivity contribution is -0.131. The van der Waals surface area contributed by atoms with Crippen LogP contribution in [-0.2, 0) is 15.1 Å². The molecule has 2 aromatic rings. The fourth-order valence-electron chi connectivity index (χ4n) is 1.98. The number of aromatic nitrogens is 4. The summed E-state index contributed by atoms with van der Waals surface area (Å²) in [6.45, 7) is 5.84. The average Bonchev–Trinajstić information content (AvgIpc) is 3.03. The van der Waals surface area contributed by atoms with Crippen LogP contribution in [0.3, 0.4) is 0 Å². The third-order valence-corrected chi connectivity index (χ3v) is 4.59. The molecule has 140 valence electrons. The standard InChI is InChI=1S/C16H21ClN6O2S/c1-16(2,3)23-15(19-20-21-23)26-10-14(25)22(4)9-13(24)18-12-8-6-5-7-11(12)17/h5-8H,9-10H2,1-4H3,(H,18,24). The molecule has 0 unspecified atom stereocenters. The molecular weight excluding hydrogens is 376 g/mol. The van der Waals surface area contributed by atoms with Crippen LogP contribution in [0.4, 0.5) is 5.69 Å². The summed E-state index contributed by atoms with van der Waals surface area (Å²) < 4.78 is 1.66. The van der Waals surface area contributed by atoms with E-state index in [2.05, 4.69) is 20.8 Å². The van der Waals surface area contributed by atoms with Crippen molar-refractivity contribution in [2.45, 2.75) is 31.5 Å². The molecule has 26 heavy (non-hydrogen) atoms. The summed E-state index contributed by atoms with van der Waals surface area (Å²) in [6.07, 6.45) is 0. The highest BCUT2D eigenvalue weighted by Crippen LogP contribution is 2.22. The highest BCUT2D eigenvalue weighted by Gasteiger charge is 2.21. The molecule has 1 aromatic heterocycles. The van der Waals surface area contributed by atoms with Crippen molar-refractivity contribution in [3.8, 4) is 0 Å². The molecule has 1 heterocycles. The number of carbonyl (C=O) groups excluding carboxylic acids is 2. The molecule has 0 fully saturated rings. The van der Waals surface area contributed by atoms with E-state index in [0.717, 1.165) is 0 Å². The monoisotopic (exact) mass is 396 g/mol. The van der Waals surface area contributed by atoms with Crippen molar-refractivity contribution in [3.63, 3.8) is 0 Å². The van der Waals surface area contributed by atoms with Gasteiger partial charge in [0.05, 0.1) is 28.5 Å². The minimum atomic E-state index is -0.321. The zero-order chi connectivity index (χ0) is 19.3.